The number of hydrogen-bond donors (Lipinski definition) is 1. The van der Waals surface area contributed by atoms with Crippen LogP contribution >= 0.6 is 0 Å². The van der Waals surface area contributed by atoms with E-state index in [9.17, 15) is 0 Å². The van der Waals surface area contributed by atoms with Crippen molar-refractivity contribution >= 4 is 5.82 Å². The summed E-state index contributed by atoms with van der Waals surface area (Å²) in [5.74, 6) is 2.15. The molecule has 0 aliphatic carbocycles. The monoisotopic (exact) mass is 249 g/mol. The fourth-order valence-corrected chi connectivity index (χ4v) is 2.19. The molecule has 2 rings (SSSR count). The van der Waals surface area contributed by atoms with Gasteiger partial charge in [0.15, 0.2) is 0 Å². The molecule has 0 aromatic carbocycles. The maximum Gasteiger partial charge on any atom is 0.133 e. The summed E-state index contributed by atoms with van der Waals surface area (Å²) in [6, 6.07) is 1.99. The number of ether oxygens (including phenoxy) is 1. The van der Waals surface area contributed by atoms with Crippen molar-refractivity contribution < 1.29 is 4.74 Å². The standard InChI is InChI=1S/C14H23N3O/c1-10(2)13-16-11(3)8-12(17-13)15-9-14(4)6-5-7-18-14/h8,10H,5-7,9H2,1-4H3,(H,15,16,17). The molecule has 0 saturated carbocycles. The predicted molar refractivity (Wildman–Crippen MR) is 72.9 cm³/mol. The number of aryl methyl sites for hydroxylation is 1. The Morgan fingerprint density at radius 2 is 2.22 bits per heavy atom. The molecular formula is C14H23N3O. The summed E-state index contributed by atoms with van der Waals surface area (Å²) in [4.78, 5) is 9.00. The average Bonchev–Trinajstić information content (AvgIpc) is 2.73. The molecule has 1 aromatic rings. The predicted octanol–water partition coefficient (Wildman–Crippen LogP) is 2.89. The van der Waals surface area contributed by atoms with Crippen LogP contribution in [0.25, 0.3) is 0 Å². The molecule has 1 atom stereocenters. The van der Waals surface area contributed by atoms with Crippen LogP contribution in [0.2, 0.25) is 0 Å². The average molecular weight is 249 g/mol. The van der Waals surface area contributed by atoms with Crippen molar-refractivity contribution in [3.63, 3.8) is 0 Å². The highest BCUT2D eigenvalue weighted by Crippen LogP contribution is 2.25. The third-order valence-corrected chi connectivity index (χ3v) is 3.33. The molecule has 1 N–H and O–H groups in total. The Morgan fingerprint density at radius 1 is 1.44 bits per heavy atom. The van der Waals surface area contributed by atoms with Crippen molar-refractivity contribution in [1.82, 2.24) is 9.97 Å². The van der Waals surface area contributed by atoms with E-state index in [1.54, 1.807) is 0 Å². The fraction of sp³-hybridized carbons (Fsp3) is 0.714. The summed E-state index contributed by atoms with van der Waals surface area (Å²) in [6.07, 6.45) is 2.26. The van der Waals surface area contributed by atoms with Gasteiger partial charge in [-0.3, -0.25) is 0 Å². The number of aromatic nitrogens is 2. The lowest BCUT2D eigenvalue weighted by molar-refractivity contribution is 0.0314. The van der Waals surface area contributed by atoms with E-state index in [1.807, 2.05) is 13.0 Å². The van der Waals surface area contributed by atoms with E-state index in [0.29, 0.717) is 5.92 Å². The van der Waals surface area contributed by atoms with Gasteiger partial charge in [0.25, 0.3) is 0 Å². The molecule has 0 amide bonds. The van der Waals surface area contributed by atoms with Crippen LogP contribution < -0.4 is 5.32 Å². The lowest BCUT2D eigenvalue weighted by Crippen LogP contribution is -2.32. The van der Waals surface area contributed by atoms with Crippen LogP contribution in [0.4, 0.5) is 5.82 Å². The second kappa shape index (κ2) is 5.22. The van der Waals surface area contributed by atoms with Gasteiger partial charge < -0.3 is 10.1 Å². The van der Waals surface area contributed by atoms with E-state index in [-0.39, 0.29) is 5.60 Å². The zero-order valence-corrected chi connectivity index (χ0v) is 11.8. The Bertz CT molecular complexity index is 412. The maximum atomic E-state index is 5.76. The maximum absolute atomic E-state index is 5.76. The van der Waals surface area contributed by atoms with Gasteiger partial charge in [-0.1, -0.05) is 13.8 Å². The molecule has 18 heavy (non-hydrogen) atoms. The topological polar surface area (TPSA) is 47.0 Å². The number of nitrogens with one attached hydrogen (secondary N) is 1. The minimum atomic E-state index is -0.0448. The summed E-state index contributed by atoms with van der Waals surface area (Å²) in [6.45, 7) is 10.1. The molecule has 100 valence electrons. The number of hydrogen-bond acceptors (Lipinski definition) is 4. The molecule has 1 saturated heterocycles. The minimum absolute atomic E-state index is 0.0448. The molecule has 4 heteroatoms. The van der Waals surface area contributed by atoms with Crippen LogP contribution in [0, 0.1) is 6.92 Å². The van der Waals surface area contributed by atoms with E-state index in [2.05, 4.69) is 36.1 Å². The highest BCUT2D eigenvalue weighted by atomic mass is 16.5. The second-order valence-corrected chi connectivity index (χ2v) is 5.66. The highest BCUT2D eigenvalue weighted by Gasteiger charge is 2.29. The number of nitrogens with zero attached hydrogens (tertiary/aromatic N) is 2. The largest absolute Gasteiger partial charge is 0.373 e. The molecule has 0 spiro atoms. The van der Waals surface area contributed by atoms with Gasteiger partial charge in [0.1, 0.15) is 11.6 Å². The molecule has 2 heterocycles. The number of anilines is 1. The summed E-state index contributed by atoms with van der Waals surface area (Å²) in [5.41, 5.74) is 0.963. The molecule has 0 radical (unpaired) electrons. The molecule has 1 aliphatic heterocycles. The molecule has 1 aromatic heterocycles. The van der Waals surface area contributed by atoms with Gasteiger partial charge in [-0.15, -0.1) is 0 Å². The third kappa shape index (κ3) is 3.19. The van der Waals surface area contributed by atoms with E-state index in [0.717, 1.165) is 43.3 Å². The molecule has 1 fully saturated rings. The first-order chi connectivity index (χ1) is 8.48. The lowest BCUT2D eigenvalue weighted by atomic mass is 10.0. The van der Waals surface area contributed by atoms with Crippen molar-refractivity contribution in [2.24, 2.45) is 0 Å². The first kappa shape index (κ1) is 13.3. The van der Waals surface area contributed by atoms with Gasteiger partial charge in [0.05, 0.1) is 5.60 Å². The minimum Gasteiger partial charge on any atom is -0.373 e. The van der Waals surface area contributed by atoms with Crippen molar-refractivity contribution in [2.45, 2.75) is 52.1 Å². The van der Waals surface area contributed by atoms with Crippen molar-refractivity contribution in [1.29, 1.82) is 0 Å². The summed E-state index contributed by atoms with van der Waals surface area (Å²) < 4.78 is 5.76. The van der Waals surface area contributed by atoms with Gasteiger partial charge in [0.2, 0.25) is 0 Å². The van der Waals surface area contributed by atoms with Gasteiger partial charge in [-0.25, -0.2) is 9.97 Å². The first-order valence-corrected chi connectivity index (χ1v) is 6.72. The first-order valence-electron chi connectivity index (χ1n) is 6.72. The van der Waals surface area contributed by atoms with Crippen LogP contribution in [0.15, 0.2) is 6.07 Å². The Kier molecular flexibility index (Phi) is 3.85. The fourth-order valence-electron chi connectivity index (χ4n) is 2.19. The Balaban J connectivity index is 2.04. The molecule has 0 bridgehead atoms. The Morgan fingerprint density at radius 3 is 2.83 bits per heavy atom. The smallest absolute Gasteiger partial charge is 0.133 e. The van der Waals surface area contributed by atoms with Crippen LogP contribution in [0.5, 0.6) is 0 Å². The van der Waals surface area contributed by atoms with Gasteiger partial charge in [0, 0.05) is 30.8 Å². The summed E-state index contributed by atoms with van der Waals surface area (Å²) in [5, 5.41) is 3.39. The van der Waals surface area contributed by atoms with Crippen molar-refractivity contribution in [3.05, 3.63) is 17.6 Å². The van der Waals surface area contributed by atoms with E-state index in [4.69, 9.17) is 4.74 Å². The van der Waals surface area contributed by atoms with Gasteiger partial charge in [-0.05, 0) is 26.7 Å². The third-order valence-electron chi connectivity index (χ3n) is 3.33. The summed E-state index contributed by atoms with van der Waals surface area (Å²) >= 11 is 0. The molecule has 4 nitrogen and oxygen atoms in total. The van der Waals surface area contributed by atoms with Crippen molar-refractivity contribution in [2.75, 3.05) is 18.5 Å². The summed E-state index contributed by atoms with van der Waals surface area (Å²) in [7, 11) is 0. The van der Waals surface area contributed by atoms with Gasteiger partial charge >= 0.3 is 0 Å². The lowest BCUT2D eigenvalue weighted by Gasteiger charge is -2.24. The van der Waals surface area contributed by atoms with Crippen LogP contribution in [0.3, 0.4) is 0 Å². The number of rotatable bonds is 4. The Labute approximate surface area is 109 Å². The van der Waals surface area contributed by atoms with Crippen LogP contribution in [0.1, 0.15) is 51.0 Å². The van der Waals surface area contributed by atoms with E-state index in [1.165, 1.54) is 0 Å². The quantitative estimate of drug-likeness (QED) is 0.891. The molecule has 1 unspecified atom stereocenters. The van der Waals surface area contributed by atoms with E-state index >= 15 is 0 Å². The van der Waals surface area contributed by atoms with E-state index < -0.39 is 0 Å². The zero-order valence-electron chi connectivity index (χ0n) is 11.8. The molecule has 1 aliphatic rings. The second-order valence-electron chi connectivity index (χ2n) is 5.66. The normalized spacial score (nSPS) is 23.6. The van der Waals surface area contributed by atoms with Gasteiger partial charge in [-0.2, -0.15) is 0 Å². The Hall–Kier alpha value is -1.16. The van der Waals surface area contributed by atoms with Crippen LogP contribution in [-0.4, -0.2) is 28.7 Å². The van der Waals surface area contributed by atoms with Crippen molar-refractivity contribution in [3.8, 4) is 0 Å². The SMILES string of the molecule is Cc1cc(NCC2(C)CCCO2)nc(C(C)C)n1. The zero-order chi connectivity index (χ0) is 13.2. The van der Waals surface area contributed by atoms with Crippen LogP contribution in [-0.2, 0) is 4.74 Å². The molecular weight excluding hydrogens is 226 g/mol. The highest BCUT2D eigenvalue weighted by molar-refractivity contribution is 5.36.